The fraction of sp³-hybridized carbons (Fsp3) is 0.333. The van der Waals surface area contributed by atoms with Crippen LogP contribution in [0.3, 0.4) is 0 Å². The lowest BCUT2D eigenvalue weighted by atomic mass is 9.96. The second-order valence-corrected chi connectivity index (χ2v) is 6.93. The highest BCUT2D eigenvalue weighted by Gasteiger charge is 2.23. The van der Waals surface area contributed by atoms with E-state index in [1.807, 2.05) is 30.3 Å². The molecule has 4 rings (SSSR count). The van der Waals surface area contributed by atoms with Crippen molar-refractivity contribution in [1.29, 1.82) is 5.26 Å². The number of nitrogens with one attached hydrogen (secondary N) is 2. The van der Waals surface area contributed by atoms with E-state index in [4.69, 9.17) is 10.00 Å². The number of hydrogen-bond acceptors (Lipinski definition) is 4. The number of carbonyl (C=O) groups excluding carboxylic acids is 1. The first-order valence-corrected chi connectivity index (χ1v) is 9.02. The van der Waals surface area contributed by atoms with Crippen molar-refractivity contribution in [1.82, 2.24) is 0 Å². The molecule has 0 spiro atoms. The van der Waals surface area contributed by atoms with Gasteiger partial charge in [-0.2, -0.15) is 5.26 Å². The number of amides is 1. The molecule has 1 heterocycles. The van der Waals surface area contributed by atoms with Crippen molar-refractivity contribution in [3.8, 4) is 6.07 Å². The molecular formula is C21H21N3O2. The molecule has 1 saturated heterocycles. The van der Waals surface area contributed by atoms with Crippen molar-refractivity contribution < 1.29 is 9.53 Å². The summed E-state index contributed by atoms with van der Waals surface area (Å²) in [5.41, 5.74) is 3.79. The predicted octanol–water partition coefficient (Wildman–Crippen LogP) is 3.89. The Labute approximate surface area is 153 Å². The Morgan fingerprint density at radius 1 is 1.12 bits per heavy atom. The first-order chi connectivity index (χ1) is 12.7. The summed E-state index contributed by atoms with van der Waals surface area (Å²) in [6.45, 7) is 1.49. The van der Waals surface area contributed by atoms with Crippen molar-refractivity contribution in [2.75, 3.05) is 23.8 Å². The van der Waals surface area contributed by atoms with E-state index in [1.54, 1.807) is 12.1 Å². The number of hydrogen-bond donors (Lipinski definition) is 2. The molecule has 132 valence electrons. The summed E-state index contributed by atoms with van der Waals surface area (Å²) in [5, 5.41) is 15.5. The van der Waals surface area contributed by atoms with Crippen LogP contribution >= 0.6 is 0 Å². The minimum atomic E-state index is -0.167. The van der Waals surface area contributed by atoms with Crippen LogP contribution in [-0.2, 0) is 4.74 Å². The van der Waals surface area contributed by atoms with Gasteiger partial charge in [-0.25, -0.2) is 0 Å². The van der Waals surface area contributed by atoms with Crippen LogP contribution in [0.1, 0.15) is 46.7 Å². The lowest BCUT2D eigenvalue weighted by Gasteiger charge is -2.14. The van der Waals surface area contributed by atoms with Gasteiger partial charge in [0.25, 0.3) is 5.91 Å². The Hall–Kier alpha value is -2.84. The topological polar surface area (TPSA) is 74.2 Å². The zero-order valence-corrected chi connectivity index (χ0v) is 14.5. The molecule has 2 aromatic rings. The van der Waals surface area contributed by atoms with Gasteiger partial charge < -0.3 is 15.4 Å². The van der Waals surface area contributed by atoms with Crippen molar-refractivity contribution in [2.45, 2.75) is 31.2 Å². The predicted molar refractivity (Wildman–Crippen MR) is 100 cm³/mol. The number of carbonyl (C=O) groups is 1. The van der Waals surface area contributed by atoms with Crippen molar-refractivity contribution in [3.63, 3.8) is 0 Å². The molecule has 2 N–H and O–H groups in total. The molecule has 1 aliphatic heterocycles. The first kappa shape index (κ1) is 16.6. The number of anilines is 2. The van der Waals surface area contributed by atoms with Crippen LogP contribution in [0.15, 0.2) is 42.5 Å². The maximum Gasteiger partial charge on any atom is 0.255 e. The maximum atomic E-state index is 12.8. The van der Waals surface area contributed by atoms with Crippen molar-refractivity contribution in [3.05, 3.63) is 59.2 Å². The third-order valence-electron chi connectivity index (χ3n) is 4.88. The molecule has 2 aromatic carbocycles. The van der Waals surface area contributed by atoms with Crippen molar-refractivity contribution >= 4 is 17.3 Å². The van der Waals surface area contributed by atoms with Gasteiger partial charge in [0.05, 0.1) is 29.6 Å². The van der Waals surface area contributed by atoms with Gasteiger partial charge in [-0.05, 0) is 55.2 Å². The molecule has 5 heteroatoms. The van der Waals surface area contributed by atoms with E-state index in [1.165, 1.54) is 0 Å². The monoisotopic (exact) mass is 347 g/mol. The molecule has 1 amide bonds. The molecular weight excluding hydrogens is 326 g/mol. The summed E-state index contributed by atoms with van der Waals surface area (Å²) in [6, 6.07) is 15.7. The zero-order valence-electron chi connectivity index (χ0n) is 14.5. The molecule has 1 atom stereocenters. The van der Waals surface area contributed by atoms with Gasteiger partial charge in [-0.15, -0.1) is 0 Å². The van der Waals surface area contributed by atoms with E-state index in [2.05, 4.69) is 16.7 Å². The number of nitriles is 1. The normalized spacial score (nSPS) is 19.0. The maximum absolute atomic E-state index is 12.8. The standard InChI is InChI=1S/C21H21N3O2/c22-12-14-4-7-19(23-18-5-6-18)20(10-14)24-21(25)16-3-1-2-15(11-16)17-8-9-26-13-17/h1-4,7,10-11,17-18,23H,5-6,8-9,13H2,(H,24,25)/t17-/m0/s1. The summed E-state index contributed by atoms with van der Waals surface area (Å²) in [6.07, 6.45) is 3.27. The van der Waals surface area contributed by atoms with E-state index in [0.717, 1.165) is 37.1 Å². The van der Waals surface area contributed by atoms with Gasteiger partial charge in [-0.3, -0.25) is 4.79 Å². The minimum Gasteiger partial charge on any atom is -0.381 e. The Morgan fingerprint density at radius 3 is 2.73 bits per heavy atom. The largest absolute Gasteiger partial charge is 0.381 e. The second-order valence-electron chi connectivity index (χ2n) is 6.93. The number of nitrogens with zero attached hydrogens (tertiary/aromatic N) is 1. The molecule has 2 aliphatic rings. The lowest BCUT2D eigenvalue weighted by Crippen LogP contribution is -2.15. The highest BCUT2D eigenvalue weighted by atomic mass is 16.5. The summed E-state index contributed by atoms with van der Waals surface area (Å²) in [5.74, 6) is 0.191. The summed E-state index contributed by atoms with van der Waals surface area (Å²) in [4.78, 5) is 12.8. The van der Waals surface area contributed by atoms with Gasteiger partial charge in [0.15, 0.2) is 0 Å². The van der Waals surface area contributed by atoms with Crippen LogP contribution in [0.25, 0.3) is 0 Å². The molecule has 0 radical (unpaired) electrons. The van der Waals surface area contributed by atoms with Crippen LogP contribution in [0, 0.1) is 11.3 Å². The fourth-order valence-corrected chi connectivity index (χ4v) is 3.22. The van der Waals surface area contributed by atoms with E-state index in [-0.39, 0.29) is 5.91 Å². The average molecular weight is 347 g/mol. The van der Waals surface area contributed by atoms with Crippen LogP contribution in [0.2, 0.25) is 0 Å². The SMILES string of the molecule is N#Cc1ccc(NC2CC2)c(NC(=O)c2cccc([C@H]3CCOC3)c2)c1. The molecule has 26 heavy (non-hydrogen) atoms. The number of rotatable bonds is 5. The Bertz CT molecular complexity index is 862. The van der Waals surface area contributed by atoms with Crippen LogP contribution in [0.5, 0.6) is 0 Å². The molecule has 0 bridgehead atoms. The molecule has 2 fully saturated rings. The third kappa shape index (κ3) is 3.71. The Kier molecular flexibility index (Phi) is 4.59. The third-order valence-corrected chi connectivity index (χ3v) is 4.88. The van der Waals surface area contributed by atoms with Gasteiger partial charge in [0.2, 0.25) is 0 Å². The highest BCUT2D eigenvalue weighted by Crippen LogP contribution is 2.31. The Balaban J connectivity index is 1.55. The van der Waals surface area contributed by atoms with Crippen LogP contribution in [-0.4, -0.2) is 25.2 Å². The summed E-state index contributed by atoms with van der Waals surface area (Å²) < 4.78 is 5.45. The smallest absolute Gasteiger partial charge is 0.255 e. The summed E-state index contributed by atoms with van der Waals surface area (Å²) >= 11 is 0. The lowest BCUT2D eigenvalue weighted by molar-refractivity contribution is 0.102. The van der Waals surface area contributed by atoms with Gasteiger partial charge >= 0.3 is 0 Å². The molecule has 0 aromatic heterocycles. The minimum absolute atomic E-state index is 0.167. The first-order valence-electron chi connectivity index (χ1n) is 9.02. The second kappa shape index (κ2) is 7.19. The van der Waals surface area contributed by atoms with Gasteiger partial charge in [0.1, 0.15) is 0 Å². The van der Waals surface area contributed by atoms with E-state index >= 15 is 0 Å². The van der Waals surface area contributed by atoms with E-state index in [0.29, 0.717) is 35.4 Å². The van der Waals surface area contributed by atoms with E-state index in [9.17, 15) is 4.79 Å². The average Bonchev–Trinajstić information content (AvgIpc) is 3.32. The number of benzene rings is 2. The van der Waals surface area contributed by atoms with Crippen molar-refractivity contribution in [2.24, 2.45) is 0 Å². The summed E-state index contributed by atoms with van der Waals surface area (Å²) in [7, 11) is 0. The zero-order chi connectivity index (χ0) is 17.9. The molecule has 1 aliphatic carbocycles. The highest BCUT2D eigenvalue weighted by molar-refractivity contribution is 6.06. The molecule has 1 saturated carbocycles. The Morgan fingerprint density at radius 2 is 2.00 bits per heavy atom. The fourth-order valence-electron chi connectivity index (χ4n) is 3.22. The van der Waals surface area contributed by atoms with E-state index < -0.39 is 0 Å². The molecule has 0 unspecified atom stereocenters. The quantitative estimate of drug-likeness (QED) is 0.860. The number of ether oxygens (including phenoxy) is 1. The van der Waals surface area contributed by atoms with Gasteiger partial charge in [-0.1, -0.05) is 12.1 Å². The molecule has 5 nitrogen and oxygen atoms in total. The van der Waals surface area contributed by atoms with Gasteiger partial charge in [0, 0.05) is 24.1 Å². The van der Waals surface area contributed by atoms with Crippen LogP contribution in [0.4, 0.5) is 11.4 Å². The van der Waals surface area contributed by atoms with Crippen LogP contribution < -0.4 is 10.6 Å².